The Hall–Kier alpha value is -1.86. The Balaban J connectivity index is 2.49. The van der Waals surface area contributed by atoms with Gasteiger partial charge in [0.2, 0.25) is 0 Å². The molecular weight excluding hydrogens is 273 g/mol. The van der Waals surface area contributed by atoms with Gasteiger partial charge in [-0.15, -0.1) is 0 Å². The first kappa shape index (κ1) is 16.2. The topological polar surface area (TPSA) is 59.3 Å². The highest BCUT2D eigenvalue weighted by atomic mass is 19.4. The van der Waals surface area contributed by atoms with Gasteiger partial charge in [-0.3, -0.25) is 9.48 Å². The van der Waals surface area contributed by atoms with Gasteiger partial charge in [-0.2, -0.15) is 23.4 Å². The number of unbranched alkanes of at least 4 members (excludes halogenated alkanes) is 1. The van der Waals surface area contributed by atoms with Crippen LogP contribution in [0.4, 0.5) is 13.2 Å². The average Bonchev–Trinajstić information content (AvgIpc) is 2.82. The van der Waals surface area contributed by atoms with Crippen molar-refractivity contribution in [1.29, 1.82) is 0 Å². The number of nitrogens with zero attached hydrogens (tertiary/aromatic N) is 3. The summed E-state index contributed by atoms with van der Waals surface area (Å²) in [7, 11) is 0. The van der Waals surface area contributed by atoms with E-state index in [2.05, 4.69) is 15.6 Å². The summed E-state index contributed by atoms with van der Waals surface area (Å²) in [5.41, 5.74) is 2.05. The zero-order valence-corrected chi connectivity index (χ0v) is 11.4. The van der Waals surface area contributed by atoms with E-state index in [4.69, 9.17) is 0 Å². The van der Waals surface area contributed by atoms with Crippen molar-refractivity contribution < 1.29 is 18.0 Å². The molecule has 1 heterocycles. The molecule has 1 N–H and O–H groups in total. The van der Waals surface area contributed by atoms with Gasteiger partial charge in [0, 0.05) is 11.9 Å². The molecule has 1 aromatic rings. The van der Waals surface area contributed by atoms with E-state index in [0.29, 0.717) is 0 Å². The third-order valence-corrected chi connectivity index (χ3v) is 2.50. The largest absolute Gasteiger partial charge is 0.435 e. The van der Waals surface area contributed by atoms with Crippen molar-refractivity contribution in [2.75, 3.05) is 0 Å². The summed E-state index contributed by atoms with van der Waals surface area (Å²) in [5.74, 6) is -0.516. The lowest BCUT2D eigenvalue weighted by Crippen LogP contribution is -2.24. The van der Waals surface area contributed by atoms with E-state index in [1.807, 2.05) is 6.92 Å². The molecule has 0 saturated heterocycles. The van der Waals surface area contributed by atoms with Gasteiger partial charge in [0.25, 0.3) is 5.91 Å². The van der Waals surface area contributed by atoms with E-state index in [0.717, 1.165) is 41.9 Å². The second kappa shape index (κ2) is 7.06. The van der Waals surface area contributed by atoms with Crippen LogP contribution in [0.5, 0.6) is 0 Å². The first-order valence-corrected chi connectivity index (χ1v) is 6.25. The van der Waals surface area contributed by atoms with Gasteiger partial charge in [-0.25, -0.2) is 5.43 Å². The standard InChI is InChI=1S/C12H17F3N4O/c1-3-4-5-9(2)16-17-11(20)8-19-7-6-10(18-19)12(13,14)15/h6-7H,3-5,8H2,1-2H3,(H,17,20). The van der Waals surface area contributed by atoms with Crippen molar-refractivity contribution in [3.05, 3.63) is 18.0 Å². The smallest absolute Gasteiger partial charge is 0.271 e. The zero-order chi connectivity index (χ0) is 15.2. The first-order chi connectivity index (χ1) is 9.32. The summed E-state index contributed by atoms with van der Waals surface area (Å²) in [6.07, 6.45) is -0.628. The summed E-state index contributed by atoms with van der Waals surface area (Å²) < 4.78 is 37.9. The van der Waals surface area contributed by atoms with Crippen LogP contribution < -0.4 is 5.43 Å². The number of aromatic nitrogens is 2. The van der Waals surface area contributed by atoms with Crippen LogP contribution in [-0.2, 0) is 17.5 Å². The van der Waals surface area contributed by atoms with Gasteiger partial charge in [0.15, 0.2) is 5.69 Å². The van der Waals surface area contributed by atoms with Crippen LogP contribution in [0.1, 0.15) is 38.8 Å². The van der Waals surface area contributed by atoms with Crippen molar-refractivity contribution in [2.24, 2.45) is 5.10 Å². The van der Waals surface area contributed by atoms with Crippen molar-refractivity contribution >= 4 is 11.6 Å². The molecule has 0 bridgehead atoms. The van der Waals surface area contributed by atoms with Gasteiger partial charge in [-0.05, 0) is 25.8 Å². The van der Waals surface area contributed by atoms with E-state index in [9.17, 15) is 18.0 Å². The summed E-state index contributed by atoms with van der Waals surface area (Å²) in [6, 6.07) is 0.822. The highest BCUT2D eigenvalue weighted by Gasteiger charge is 2.33. The van der Waals surface area contributed by atoms with E-state index in [1.165, 1.54) is 0 Å². The maximum Gasteiger partial charge on any atom is 0.435 e. The van der Waals surface area contributed by atoms with Crippen molar-refractivity contribution in [3.63, 3.8) is 0 Å². The maximum absolute atomic E-state index is 12.3. The molecule has 0 spiro atoms. The number of hydrogen-bond donors (Lipinski definition) is 1. The Kier molecular flexibility index (Phi) is 5.72. The number of hydrazone groups is 1. The Labute approximate surface area is 114 Å². The van der Waals surface area contributed by atoms with Crippen molar-refractivity contribution in [3.8, 4) is 0 Å². The van der Waals surface area contributed by atoms with E-state index in [1.54, 1.807) is 6.92 Å². The molecule has 20 heavy (non-hydrogen) atoms. The minimum atomic E-state index is -4.50. The summed E-state index contributed by atoms with van der Waals surface area (Å²) >= 11 is 0. The Morgan fingerprint density at radius 1 is 1.50 bits per heavy atom. The Bertz CT molecular complexity index is 479. The predicted octanol–water partition coefficient (Wildman–Crippen LogP) is 2.58. The molecular formula is C12H17F3N4O. The normalized spacial score (nSPS) is 12.6. The molecule has 1 aromatic heterocycles. The average molecular weight is 290 g/mol. The van der Waals surface area contributed by atoms with E-state index >= 15 is 0 Å². The molecule has 0 aliphatic heterocycles. The molecule has 0 saturated carbocycles. The van der Waals surface area contributed by atoms with Gasteiger partial charge in [0.05, 0.1) is 0 Å². The van der Waals surface area contributed by atoms with Crippen LogP contribution in [0.3, 0.4) is 0 Å². The molecule has 0 aromatic carbocycles. The molecule has 1 rings (SSSR count). The number of amides is 1. The molecule has 112 valence electrons. The summed E-state index contributed by atoms with van der Waals surface area (Å²) in [6.45, 7) is 3.52. The number of alkyl halides is 3. The quantitative estimate of drug-likeness (QED) is 0.646. The maximum atomic E-state index is 12.3. The predicted molar refractivity (Wildman–Crippen MR) is 68.0 cm³/mol. The van der Waals surface area contributed by atoms with Crippen LogP contribution in [0.25, 0.3) is 0 Å². The van der Waals surface area contributed by atoms with E-state index in [-0.39, 0.29) is 6.54 Å². The fraction of sp³-hybridized carbons (Fsp3) is 0.583. The third-order valence-electron chi connectivity index (χ3n) is 2.50. The Morgan fingerprint density at radius 2 is 2.20 bits per heavy atom. The number of nitrogens with one attached hydrogen (secondary N) is 1. The molecule has 0 atom stereocenters. The van der Waals surface area contributed by atoms with Crippen LogP contribution in [0.2, 0.25) is 0 Å². The third kappa shape index (κ3) is 5.41. The van der Waals surface area contributed by atoms with Gasteiger partial charge in [-0.1, -0.05) is 13.3 Å². The fourth-order valence-electron chi connectivity index (χ4n) is 1.43. The van der Waals surface area contributed by atoms with Crippen LogP contribution in [-0.4, -0.2) is 21.4 Å². The highest BCUT2D eigenvalue weighted by molar-refractivity contribution is 5.84. The molecule has 0 aliphatic carbocycles. The number of hydrogen-bond acceptors (Lipinski definition) is 3. The Morgan fingerprint density at radius 3 is 2.75 bits per heavy atom. The molecule has 0 radical (unpaired) electrons. The van der Waals surface area contributed by atoms with Crippen LogP contribution >= 0.6 is 0 Å². The number of halogens is 3. The van der Waals surface area contributed by atoms with Crippen molar-refractivity contribution in [2.45, 2.75) is 45.8 Å². The highest BCUT2D eigenvalue weighted by Crippen LogP contribution is 2.27. The minimum absolute atomic E-state index is 0.305. The molecule has 0 aliphatic rings. The lowest BCUT2D eigenvalue weighted by Gasteiger charge is -2.03. The lowest BCUT2D eigenvalue weighted by molar-refractivity contribution is -0.141. The molecule has 5 nitrogen and oxygen atoms in total. The molecule has 1 amide bonds. The lowest BCUT2D eigenvalue weighted by atomic mass is 10.2. The molecule has 0 fully saturated rings. The number of carbonyl (C=O) groups is 1. The SMILES string of the molecule is CCCCC(C)=NNC(=O)Cn1ccc(C(F)(F)F)n1. The molecule has 0 unspecified atom stereocenters. The monoisotopic (exact) mass is 290 g/mol. The van der Waals surface area contributed by atoms with Gasteiger partial charge in [0.1, 0.15) is 6.54 Å². The minimum Gasteiger partial charge on any atom is -0.271 e. The van der Waals surface area contributed by atoms with Gasteiger partial charge < -0.3 is 0 Å². The number of rotatable bonds is 6. The van der Waals surface area contributed by atoms with Gasteiger partial charge >= 0.3 is 6.18 Å². The second-order valence-corrected chi connectivity index (χ2v) is 4.38. The van der Waals surface area contributed by atoms with E-state index < -0.39 is 17.8 Å². The zero-order valence-electron chi connectivity index (χ0n) is 11.4. The van der Waals surface area contributed by atoms with Crippen LogP contribution in [0, 0.1) is 0 Å². The second-order valence-electron chi connectivity index (χ2n) is 4.38. The fourth-order valence-corrected chi connectivity index (χ4v) is 1.43. The van der Waals surface area contributed by atoms with Crippen LogP contribution in [0.15, 0.2) is 17.4 Å². The summed E-state index contributed by atoms with van der Waals surface area (Å²) in [4.78, 5) is 11.5. The van der Waals surface area contributed by atoms with Crippen molar-refractivity contribution in [1.82, 2.24) is 15.2 Å². The first-order valence-electron chi connectivity index (χ1n) is 6.25. The molecule has 8 heteroatoms. The summed E-state index contributed by atoms with van der Waals surface area (Å²) in [5, 5.41) is 7.15. The number of carbonyl (C=O) groups excluding carboxylic acids is 1.